The number of rotatable bonds is 5. The van der Waals surface area contributed by atoms with Crippen LogP contribution < -0.4 is 5.73 Å². The second-order valence-corrected chi connectivity index (χ2v) is 7.19. The molecule has 2 heterocycles. The summed E-state index contributed by atoms with van der Waals surface area (Å²) in [4.78, 5) is 14.8. The highest BCUT2D eigenvalue weighted by molar-refractivity contribution is 6.30. The zero-order valence-electron chi connectivity index (χ0n) is 17.0. The van der Waals surface area contributed by atoms with Crippen molar-refractivity contribution in [3.8, 4) is 0 Å². The fourth-order valence-corrected chi connectivity index (χ4v) is 3.06. The van der Waals surface area contributed by atoms with Gasteiger partial charge >= 0.3 is 0 Å². The normalized spacial score (nSPS) is 11.7. The Morgan fingerprint density at radius 3 is 2.09 bits per heavy atom. The first kappa shape index (κ1) is 21.0. The van der Waals surface area contributed by atoms with Gasteiger partial charge in [-0.3, -0.25) is 10.1 Å². The van der Waals surface area contributed by atoms with Gasteiger partial charge in [0.05, 0.1) is 27.7 Å². The highest BCUT2D eigenvalue weighted by atomic mass is 35.5. The standard InChI is InChI=1S/C20H16ClN9O2/c1-11-17(26-24-15-7-9-16(10-8-15)30(31)32)12(2)29-20(23-11)18(19(22)28-29)27-25-14-5-3-13(21)4-6-14/h3-10H,1-2H3,(H2,22,28). The Morgan fingerprint density at radius 1 is 0.938 bits per heavy atom. The Bertz CT molecular complexity index is 1380. The third-order valence-electron chi connectivity index (χ3n) is 4.56. The van der Waals surface area contributed by atoms with E-state index in [1.807, 2.05) is 0 Å². The average molecular weight is 450 g/mol. The van der Waals surface area contributed by atoms with E-state index < -0.39 is 4.92 Å². The summed E-state index contributed by atoms with van der Waals surface area (Å²) >= 11 is 5.89. The van der Waals surface area contributed by atoms with Gasteiger partial charge in [-0.05, 0) is 50.2 Å². The lowest BCUT2D eigenvalue weighted by Crippen LogP contribution is -1.99. The number of nitro groups is 1. The van der Waals surface area contributed by atoms with Crippen molar-refractivity contribution in [1.29, 1.82) is 0 Å². The summed E-state index contributed by atoms with van der Waals surface area (Å²) in [5.41, 5.74) is 9.62. The van der Waals surface area contributed by atoms with E-state index in [0.717, 1.165) is 0 Å². The predicted octanol–water partition coefficient (Wildman–Crippen LogP) is 6.32. The summed E-state index contributed by atoms with van der Waals surface area (Å²) in [5.74, 6) is 0.169. The highest BCUT2D eigenvalue weighted by Gasteiger charge is 2.17. The topological polar surface area (TPSA) is 149 Å². The van der Waals surface area contributed by atoms with Crippen molar-refractivity contribution in [2.45, 2.75) is 13.8 Å². The lowest BCUT2D eigenvalue weighted by Gasteiger charge is -2.05. The van der Waals surface area contributed by atoms with E-state index in [9.17, 15) is 10.1 Å². The maximum absolute atomic E-state index is 10.8. The van der Waals surface area contributed by atoms with Crippen LogP contribution in [-0.4, -0.2) is 19.5 Å². The zero-order valence-corrected chi connectivity index (χ0v) is 17.7. The number of hydrogen-bond donors (Lipinski definition) is 1. The Balaban J connectivity index is 1.69. The van der Waals surface area contributed by atoms with Gasteiger partial charge in [-0.1, -0.05) is 11.6 Å². The van der Waals surface area contributed by atoms with Crippen LogP contribution in [0.2, 0.25) is 5.02 Å². The van der Waals surface area contributed by atoms with E-state index in [0.29, 0.717) is 44.8 Å². The molecule has 0 aliphatic carbocycles. The molecule has 0 unspecified atom stereocenters. The maximum Gasteiger partial charge on any atom is 0.269 e. The summed E-state index contributed by atoms with van der Waals surface area (Å²) in [7, 11) is 0. The smallest absolute Gasteiger partial charge is 0.269 e. The number of nitrogens with zero attached hydrogens (tertiary/aromatic N) is 8. The van der Waals surface area contributed by atoms with E-state index in [2.05, 4.69) is 30.5 Å². The van der Waals surface area contributed by atoms with Gasteiger partial charge in [0.2, 0.25) is 0 Å². The van der Waals surface area contributed by atoms with Crippen molar-refractivity contribution in [3.63, 3.8) is 0 Å². The highest BCUT2D eigenvalue weighted by Crippen LogP contribution is 2.33. The summed E-state index contributed by atoms with van der Waals surface area (Å²) in [6, 6.07) is 12.6. The summed E-state index contributed by atoms with van der Waals surface area (Å²) in [6.45, 7) is 3.58. The van der Waals surface area contributed by atoms with Gasteiger partial charge in [-0.2, -0.15) is 10.2 Å². The van der Waals surface area contributed by atoms with Crippen LogP contribution in [0.3, 0.4) is 0 Å². The van der Waals surface area contributed by atoms with Crippen LogP contribution in [0.1, 0.15) is 11.4 Å². The third-order valence-corrected chi connectivity index (χ3v) is 4.81. The second kappa shape index (κ2) is 8.47. The summed E-state index contributed by atoms with van der Waals surface area (Å²) in [5, 5.41) is 32.5. The van der Waals surface area contributed by atoms with E-state index in [4.69, 9.17) is 17.3 Å². The molecule has 11 nitrogen and oxygen atoms in total. The molecular formula is C20H16ClN9O2. The van der Waals surface area contributed by atoms with E-state index in [1.54, 1.807) is 38.1 Å². The molecule has 0 bridgehead atoms. The number of azo groups is 2. The number of fused-ring (bicyclic) bond motifs is 1. The maximum atomic E-state index is 10.8. The molecule has 2 N–H and O–H groups in total. The van der Waals surface area contributed by atoms with Crippen LogP contribution in [0.25, 0.3) is 5.65 Å². The van der Waals surface area contributed by atoms with Crippen molar-refractivity contribution < 1.29 is 4.92 Å². The first-order valence-electron chi connectivity index (χ1n) is 9.32. The van der Waals surface area contributed by atoms with Crippen LogP contribution >= 0.6 is 11.6 Å². The number of aryl methyl sites for hydroxylation is 2. The minimum Gasteiger partial charge on any atom is -0.380 e. The number of nitrogens with two attached hydrogens (primary N) is 1. The molecule has 0 radical (unpaired) electrons. The molecule has 0 atom stereocenters. The number of aromatic nitrogens is 3. The molecule has 4 rings (SSSR count). The van der Waals surface area contributed by atoms with Crippen molar-refractivity contribution in [3.05, 3.63) is 75.1 Å². The molecule has 160 valence electrons. The average Bonchev–Trinajstić information content (AvgIpc) is 3.08. The largest absolute Gasteiger partial charge is 0.380 e. The molecule has 0 spiro atoms. The summed E-state index contributed by atoms with van der Waals surface area (Å²) in [6.07, 6.45) is 0. The van der Waals surface area contributed by atoms with Crippen LogP contribution in [0, 0.1) is 24.0 Å². The number of nitro benzene ring substituents is 1. The predicted molar refractivity (Wildman–Crippen MR) is 120 cm³/mol. The number of non-ortho nitro benzene ring substituents is 1. The second-order valence-electron chi connectivity index (χ2n) is 6.75. The number of anilines is 1. The fourth-order valence-electron chi connectivity index (χ4n) is 2.93. The number of benzene rings is 2. The molecule has 32 heavy (non-hydrogen) atoms. The van der Waals surface area contributed by atoms with Crippen LogP contribution in [-0.2, 0) is 0 Å². The molecule has 0 amide bonds. The van der Waals surface area contributed by atoms with Gasteiger partial charge < -0.3 is 5.73 Å². The van der Waals surface area contributed by atoms with E-state index in [1.165, 1.54) is 28.8 Å². The van der Waals surface area contributed by atoms with Gasteiger partial charge in [0.15, 0.2) is 17.2 Å². The van der Waals surface area contributed by atoms with Crippen LogP contribution in [0.4, 0.5) is 34.3 Å². The zero-order chi connectivity index (χ0) is 22.8. The third kappa shape index (κ3) is 4.14. The Kier molecular flexibility index (Phi) is 5.56. The molecule has 0 fully saturated rings. The van der Waals surface area contributed by atoms with Gasteiger partial charge in [-0.25, -0.2) is 9.50 Å². The molecule has 0 saturated heterocycles. The van der Waals surface area contributed by atoms with E-state index in [-0.39, 0.29) is 11.5 Å². The Morgan fingerprint density at radius 2 is 1.50 bits per heavy atom. The molecule has 4 aromatic rings. The summed E-state index contributed by atoms with van der Waals surface area (Å²) < 4.78 is 1.53. The van der Waals surface area contributed by atoms with Crippen LogP contribution in [0.15, 0.2) is 69.0 Å². The Labute approximate surface area is 186 Å². The van der Waals surface area contributed by atoms with Crippen molar-refractivity contribution in [2.75, 3.05) is 5.73 Å². The lowest BCUT2D eigenvalue weighted by molar-refractivity contribution is -0.384. The number of nitrogen functional groups attached to an aromatic ring is 1. The number of hydrogen-bond acceptors (Lipinski definition) is 9. The van der Waals surface area contributed by atoms with E-state index >= 15 is 0 Å². The molecule has 2 aromatic heterocycles. The fraction of sp³-hybridized carbons (Fsp3) is 0.100. The molecular weight excluding hydrogens is 434 g/mol. The van der Waals surface area contributed by atoms with Gasteiger partial charge in [0, 0.05) is 17.2 Å². The quantitative estimate of drug-likeness (QED) is 0.215. The minimum atomic E-state index is -0.475. The van der Waals surface area contributed by atoms with Crippen LogP contribution in [0.5, 0.6) is 0 Å². The lowest BCUT2D eigenvalue weighted by atomic mass is 10.3. The first-order valence-corrected chi connectivity index (χ1v) is 9.70. The van der Waals surface area contributed by atoms with Gasteiger partial charge in [-0.15, -0.1) is 15.3 Å². The monoisotopic (exact) mass is 449 g/mol. The SMILES string of the molecule is Cc1nc2c(N=Nc3ccc(Cl)cc3)c(N)nn2c(C)c1N=Nc1ccc([N+](=O)[O-])cc1. The Hall–Kier alpha value is -4.25. The first-order chi connectivity index (χ1) is 15.3. The minimum absolute atomic E-state index is 0.0216. The van der Waals surface area contributed by atoms with Crippen molar-refractivity contribution in [2.24, 2.45) is 20.5 Å². The number of halogens is 1. The molecule has 12 heteroatoms. The van der Waals surface area contributed by atoms with Crippen molar-refractivity contribution in [1.82, 2.24) is 14.6 Å². The molecule has 0 aliphatic rings. The molecule has 0 aliphatic heterocycles. The van der Waals surface area contributed by atoms with Gasteiger partial charge in [0.25, 0.3) is 5.69 Å². The molecule has 0 saturated carbocycles. The molecule has 2 aromatic carbocycles. The van der Waals surface area contributed by atoms with Gasteiger partial charge in [0.1, 0.15) is 5.69 Å². The van der Waals surface area contributed by atoms with Crippen molar-refractivity contribution >= 4 is 51.5 Å².